The molecule has 4 N–H and O–H groups in total. The fourth-order valence-corrected chi connectivity index (χ4v) is 2.94. The molecule has 1 aromatic carbocycles. The molecule has 0 fully saturated rings. The summed E-state index contributed by atoms with van der Waals surface area (Å²) in [5, 5.41) is 5.67. The van der Waals surface area contributed by atoms with Crippen molar-refractivity contribution in [3.63, 3.8) is 0 Å². The van der Waals surface area contributed by atoms with Gasteiger partial charge in [0.1, 0.15) is 13.2 Å². The zero-order chi connectivity index (χ0) is 19.0. The van der Waals surface area contributed by atoms with Gasteiger partial charge in [0.05, 0.1) is 24.1 Å². The molecule has 27 heavy (non-hydrogen) atoms. The highest BCUT2D eigenvalue weighted by molar-refractivity contribution is 5.65. The van der Waals surface area contributed by atoms with Crippen molar-refractivity contribution >= 4 is 11.6 Å². The Morgan fingerprint density at radius 1 is 1.19 bits per heavy atom. The molecule has 0 aliphatic carbocycles. The maximum absolute atomic E-state index is 6.36. The van der Waals surface area contributed by atoms with Crippen LogP contribution in [0.1, 0.15) is 18.5 Å². The van der Waals surface area contributed by atoms with E-state index in [0.717, 1.165) is 16.9 Å². The number of aryl methyl sites for hydroxylation is 1. The van der Waals surface area contributed by atoms with Crippen LogP contribution >= 0.6 is 0 Å². The number of hydrogen-bond acceptors (Lipinski definition) is 8. The number of nitrogen functional groups attached to an aromatic ring is 1. The van der Waals surface area contributed by atoms with E-state index in [9.17, 15) is 0 Å². The zero-order valence-corrected chi connectivity index (χ0v) is 15.2. The number of fused-ring (bicyclic) bond motifs is 1. The lowest BCUT2D eigenvalue weighted by molar-refractivity contribution is 0.171. The van der Waals surface area contributed by atoms with Crippen molar-refractivity contribution in [3.8, 4) is 22.8 Å². The average molecular weight is 367 g/mol. The highest BCUT2D eigenvalue weighted by Gasteiger charge is 2.21. The number of aromatic nitrogens is 4. The normalized spacial score (nSPS) is 14.0. The summed E-state index contributed by atoms with van der Waals surface area (Å²) in [5.41, 5.74) is 8.48. The molecule has 0 saturated heterocycles. The van der Waals surface area contributed by atoms with Gasteiger partial charge in [0.15, 0.2) is 23.1 Å². The lowest BCUT2D eigenvalue weighted by Gasteiger charge is -2.27. The maximum atomic E-state index is 6.36. The molecule has 140 valence electrons. The van der Waals surface area contributed by atoms with Crippen molar-refractivity contribution in [2.75, 3.05) is 24.0 Å². The third-order valence-electron chi connectivity index (χ3n) is 4.49. The van der Waals surface area contributed by atoms with Crippen LogP contribution in [0.2, 0.25) is 0 Å². The molecule has 4 rings (SSSR count). The molecule has 9 heteroatoms. The van der Waals surface area contributed by atoms with Crippen LogP contribution in [-0.4, -0.2) is 33.0 Å². The topological polar surface area (TPSA) is 117 Å². The minimum atomic E-state index is -0.207. The summed E-state index contributed by atoms with van der Waals surface area (Å²) < 4.78 is 12.9. The fraction of sp³-hybridized carbons (Fsp3) is 0.278. The van der Waals surface area contributed by atoms with Crippen LogP contribution in [0.15, 0.2) is 36.8 Å². The summed E-state index contributed by atoms with van der Waals surface area (Å²) in [6.07, 6.45) is 5.18. The Labute approximate surface area is 156 Å². The summed E-state index contributed by atoms with van der Waals surface area (Å²) in [6, 6.07) is 5.55. The quantitative estimate of drug-likeness (QED) is 0.528. The highest BCUT2D eigenvalue weighted by Crippen LogP contribution is 2.35. The van der Waals surface area contributed by atoms with Gasteiger partial charge >= 0.3 is 0 Å². The smallest absolute Gasteiger partial charge is 0.186 e. The van der Waals surface area contributed by atoms with Crippen molar-refractivity contribution in [2.45, 2.75) is 13.0 Å². The largest absolute Gasteiger partial charge is 0.486 e. The first kappa shape index (κ1) is 17.1. The predicted molar refractivity (Wildman–Crippen MR) is 101 cm³/mol. The van der Waals surface area contributed by atoms with E-state index in [1.807, 2.05) is 38.4 Å². The molecule has 3 aromatic rings. The van der Waals surface area contributed by atoms with E-state index in [2.05, 4.69) is 15.1 Å². The van der Waals surface area contributed by atoms with Crippen molar-refractivity contribution in [1.82, 2.24) is 19.7 Å². The number of anilines is 2. The van der Waals surface area contributed by atoms with Gasteiger partial charge in [0.25, 0.3) is 0 Å². The molecule has 0 bridgehead atoms. The third-order valence-corrected chi connectivity index (χ3v) is 4.49. The first-order chi connectivity index (χ1) is 13.0. The molecular weight excluding hydrogens is 346 g/mol. The Bertz CT molecular complexity index is 972. The van der Waals surface area contributed by atoms with Gasteiger partial charge in [-0.25, -0.2) is 15.8 Å². The number of benzene rings is 1. The first-order valence-electron chi connectivity index (χ1n) is 8.58. The molecule has 2 aromatic heterocycles. The molecular formula is C18H21N7O2. The van der Waals surface area contributed by atoms with E-state index in [1.165, 1.54) is 5.01 Å². The van der Waals surface area contributed by atoms with Crippen LogP contribution < -0.4 is 26.1 Å². The zero-order valence-electron chi connectivity index (χ0n) is 15.2. The van der Waals surface area contributed by atoms with E-state index in [-0.39, 0.29) is 11.9 Å². The summed E-state index contributed by atoms with van der Waals surface area (Å²) in [4.78, 5) is 8.84. The van der Waals surface area contributed by atoms with Gasteiger partial charge in [-0.1, -0.05) is 6.07 Å². The van der Waals surface area contributed by atoms with E-state index >= 15 is 0 Å². The van der Waals surface area contributed by atoms with Crippen molar-refractivity contribution in [1.29, 1.82) is 0 Å². The molecule has 3 heterocycles. The monoisotopic (exact) mass is 367 g/mol. The summed E-state index contributed by atoms with van der Waals surface area (Å²) in [6.45, 7) is 3.05. The minimum Gasteiger partial charge on any atom is -0.486 e. The molecule has 1 aliphatic heterocycles. The van der Waals surface area contributed by atoms with Crippen LogP contribution in [0.5, 0.6) is 11.5 Å². The summed E-state index contributed by atoms with van der Waals surface area (Å²) in [5.74, 6) is 8.46. The SMILES string of the molecule is CC(c1ccc2c(c1)OCCO2)N(N)c1nc(-c2cnn(C)c2)cnc1N. The average Bonchev–Trinajstić information content (AvgIpc) is 3.13. The molecule has 0 spiro atoms. The Balaban J connectivity index is 1.64. The van der Waals surface area contributed by atoms with Gasteiger partial charge < -0.3 is 15.2 Å². The summed E-state index contributed by atoms with van der Waals surface area (Å²) >= 11 is 0. The number of nitrogens with two attached hydrogens (primary N) is 2. The standard InChI is InChI=1S/C18H21N7O2/c1-11(12-3-4-15-16(7-12)27-6-5-26-15)25(20)18-17(19)21-9-14(23-18)13-8-22-24(2)10-13/h3-4,7-11H,5-6,20H2,1-2H3,(H2,19,21). The van der Waals surface area contributed by atoms with Gasteiger partial charge in [-0.2, -0.15) is 5.10 Å². The van der Waals surface area contributed by atoms with Crippen molar-refractivity contribution in [2.24, 2.45) is 12.9 Å². The number of hydrazine groups is 1. The number of rotatable bonds is 4. The van der Waals surface area contributed by atoms with Gasteiger partial charge in [0, 0.05) is 18.8 Å². The molecule has 0 radical (unpaired) electrons. The van der Waals surface area contributed by atoms with Crippen LogP contribution in [-0.2, 0) is 7.05 Å². The van der Waals surface area contributed by atoms with Crippen LogP contribution in [0, 0.1) is 0 Å². The molecule has 0 saturated carbocycles. The van der Waals surface area contributed by atoms with E-state index in [0.29, 0.717) is 30.5 Å². The Morgan fingerprint density at radius 3 is 2.70 bits per heavy atom. The van der Waals surface area contributed by atoms with Gasteiger partial charge in [-0.15, -0.1) is 0 Å². The second-order valence-corrected chi connectivity index (χ2v) is 6.35. The van der Waals surface area contributed by atoms with Gasteiger partial charge in [0.2, 0.25) is 0 Å². The Kier molecular flexibility index (Phi) is 4.28. The van der Waals surface area contributed by atoms with Crippen LogP contribution in [0.4, 0.5) is 11.6 Å². The van der Waals surface area contributed by atoms with Crippen molar-refractivity contribution < 1.29 is 9.47 Å². The summed E-state index contributed by atoms with van der Waals surface area (Å²) in [7, 11) is 1.84. The molecule has 0 amide bonds. The fourth-order valence-electron chi connectivity index (χ4n) is 2.94. The van der Waals surface area contributed by atoms with E-state index in [4.69, 9.17) is 21.1 Å². The van der Waals surface area contributed by atoms with Crippen LogP contribution in [0.3, 0.4) is 0 Å². The number of hydrogen-bond donors (Lipinski definition) is 2. The first-order valence-corrected chi connectivity index (χ1v) is 8.58. The molecule has 9 nitrogen and oxygen atoms in total. The minimum absolute atomic E-state index is 0.207. The Morgan fingerprint density at radius 2 is 1.96 bits per heavy atom. The maximum Gasteiger partial charge on any atom is 0.186 e. The lowest BCUT2D eigenvalue weighted by Crippen LogP contribution is -2.35. The van der Waals surface area contributed by atoms with Gasteiger partial charge in [-0.3, -0.25) is 9.69 Å². The number of nitrogens with zero attached hydrogens (tertiary/aromatic N) is 5. The predicted octanol–water partition coefficient (Wildman–Crippen LogP) is 1.67. The van der Waals surface area contributed by atoms with E-state index in [1.54, 1.807) is 17.1 Å². The van der Waals surface area contributed by atoms with E-state index < -0.39 is 0 Å². The second-order valence-electron chi connectivity index (χ2n) is 6.35. The highest BCUT2D eigenvalue weighted by atomic mass is 16.6. The lowest BCUT2D eigenvalue weighted by atomic mass is 10.1. The number of ether oxygens (including phenoxy) is 2. The van der Waals surface area contributed by atoms with Gasteiger partial charge in [-0.05, 0) is 24.6 Å². The van der Waals surface area contributed by atoms with Crippen LogP contribution in [0.25, 0.3) is 11.3 Å². The molecule has 1 atom stereocenters. The third kappa shape index (κ3) is 3.24. The second kappa shape index (κ2) is 6.76. The molecule has 1 aliphatic rings. The van der Waals surface area contributed by atoms with Crippen molar-refractivity contribution in [3.05, 3.63) is 42.4 Å². The Hall–Kier alpha value is -3.33. The molecule has 1 unspecified atom stereocenters.